The van der Waals surface area contributed by atoms with E-state index in [1.165, 1.54) is 10.7 Å². The largest absolute Gasteiger partial charge is 0.478 e. The van der Waals surface area contributed by atoms with Crippen molar-refractivity contribution >= 4 is 11.6 Å². The molecule has 1 aromatic heterocycles. The highest BCUT2D eigenvalue weighted by atomic mass is 16.5. The quantitative estimate of drug-likeness (QED) is 0.754. The van der Waals surface area contributed by atoms with Gasteiger partial charge in [-0.05, 0) is 43.3 Å². The predicted molar refractivity (Wildman–Crippen MR) is 100 cm³/mol. The molecule has 1 N–H and O–H groups in total. The number of nitrogens with one attached hydrogen (secondary N) is 1. The van der Waals surface area contributed by atoms with Crippen LogP contribution in [0.1, 0.15) is 23.0 Å². The number of hydrogen-bond donors (Lipinski definition) is 1. The lowest BCUT2D eigenvalue weighted by molar-refractivity contribution is 0.101. The van der Waals surface area contributed by atoms with Gasteiger partial charge in [0, 0.05) is 5.69 Å². The van der Waals surface area contributed by atoms with E-state index in [2.05, 4.69) is 10.4 Å². The van der Waals surface area contributed by atoms with Crippen molar-refractivity contribution in [2.24, 2.45) is 0 Å². The molecule has 0 fully saturated rings. The van der Waals surface area contributed by atoms with Crippen LogP contribution in [0, 0.1) is 11.3 Å². The average Bonchev–Trinajstić information content (AvgIpc) is 2.69. The number of aromatic nitrogens is 2. The van der Waals surface area contributed by atoms with Crippen molar-refractivity contribution in [2.45, 2.75) is 6.92 Å². The molecule has 0 aliphatic carbocycles. The molecule has 2 aromatic carbocycles. The number of nitrogens with zero attached hydrogens (tertiary/aromatic N) is 3. The lowest BCUT2D eigenvalue weighted by atomic mass is 10.2. The first-order chi connectivity index (χ1) is 13.1. The number of ether oxygens (including phenoxy) is 1. The Bertz CT molecular complexity index is 1050. The van der Waals surface area contributed by atoms with Gasteiger partial charge in [0.25, 0.3) is 5.91 Å². The Hall–Kier alpha value is -3.92. The molecule has 7 nitrogen and oxygen atoms in total. The number of nitriles is 1. The van der Waals surface area contributed by atoms with Crippen LogP contribution >= 0.6 is 0 Å². The monoisotopic (exact) mass is 360 g/mol. The molecule has 1 amide bonds. The molecule has 7 heteroatoms. The van der Waals surface area contributed by atoms with Gasteiger partial charge in [-0.2, -0.15) is 10.4 Å². The van der Waals surface area contributed by atoms with Gasteiger partial charge in [0.2, 0.25) is 11.3 Å². The summed E-state index contributed by atoms with van der Waals surface area (Å²) in [5.74, 6) is -0.388. The van der Waals surface area contributed by atoms with Gasteiger partial charge in [0.05, 0.1) is 30.0 Å². The Morgan fingerprint density at radius 3 is 2.52 bits per heavy atom. The molecule has 0 atom stereocenters. The first-order valence-corrected chi connectivity index (χ1v) is 8.26. The van der Waals surface area contributed by atoms with Crippen LogP contribution in [0.5, 0.6) is 5.88 Å². The molecule has 0 radical (unpaired) electrons. The number of carbonyl (C=O) groups excluding carboxylic acids is 1. The second-order valence-electron chi connectivity index (χ2n) is 5.52. The lowest BCUT2D eigenvalue weighted by Gasteiger charge is -2.13. The van der Waals surface area contributed by atoms with Crippen molar-refractivity contribution in [1.29, 1.82) is 5.26 Å². The van der Waals surface area contributed by atoms with Gasteiger partial charge in [-0.25, -0.2) is 4.68 Å². The van der Waals surface area contributed by atoms with Crippen molar-refractivity contribution in [3.8, 4) is 17.6 Å². The van der Waals surface area contributed by atoms with Crippen LogP contribution in [0.2, 0.25) is 0 Å². The topological polar surface area (TPSA) is 97.0 Å². The average molecular weight is 360 g/mol. The van der Waals surface area contributed by atoms with Crippen molar-refractivity contribution < 1.29 is 9.53 Å². The fourth-order valence-corrected chi connectivity index (χ4v) is 2.42. The Balaban J connectivity index is 1.98. The third-order valence-electron chi connectivity index (χ3n) is 3.68. The van der Waals surface area contributed by atoms with E-state index in [-0.39, 0.29) is 11.6 Å². The first-order valence-electron chi connectivity index (χ1n) is 8.26. The Morgan fingerprint density at radius 1 is 1.19 bits per heavy atom. The summed E-state index contributed by atoms with van der Waals surface area (Å²) in [4.78, 5) is 24.9. The van der Waals surface area contributed by atoms with Gasteiger partial charge in [-0.3, -0.25) is 9.59 Å². The fourth-order valence-electron chi connectivity index (χ4n) is 2.42. The predicted octanol–water partition coefficient (Wildman–Crippen LogP) is 2.76. The highest BCUT2D eigenvalue weighted by Gasteiger charge is 2.17. The minimum atomic E-state index is -0.641. The molecule has 0 saturated heterocycles. The number of amides is 1. The zero-order chi connectivity index (χ0) is 19.2. The molecule has 0 spiro atoms. The SMILES string of the molecule is CCOc1cc(=O)c(C(=O)Nc2ccc(C#N)cc2)nn1-c1ccccc1. The Morgan fingerprint density at radius 2 is 1.89 bits per heavy atom. The summed E-state index contributed by atoms with van der Waals surface area (Å²) in [5, 5.41) is 15.7. The highest BCUT2D eigenvalue weighted by Crippen LogP contribution is 2.16. The van der Waals surface area contributed by atoms with Crippen LogP contribution in [0.3, 0.4) is 0 Å². The van der Waals surface area contributed by atoms with E-state index < -0.39 is 11.3 Å². The molecule has 1 heterocycles. The van der Waals surface area contributed by atoms with E-state index in [4.69, 9.17) is 10.00 Å². The lowest BCUT2D eigenvalue weighted by Crippen LogP contribution is -2.26. The summed E-state index contributed by atoms with van der Waals surface area (Å²) < 4.78 is 6.90. The zero-order valence-electron chi connectivity index (χ0n) is 14.5. The Labute approximate surface area is 155 Å². The molecular weight excluding hydrogens is 344 g/mol. The van der Waals surface area contributed by atoms with E-state index in [1.807, 2.05) is 24.3 Å². The number of hydrogen-bond acceptors (Lipinski definition) is 5. The van der Waals surface area contributed by atoms with Crippen molar-refractivity contribution in [3.63, 3.8) is 0 Å². The third-order valence-corrected chi connectivity index (χ3v) is 3.68. The number of benzene rings is 2. The molecule has 0 saturated carbocycles. The molecule has 3 aromatic rings. The number of anilines is 1. The van der Waals surface area contributed by atoms with Crippen molar-refractivity contribution in [2.75, 3.05) is 11.9 Å². The van der Waals surface area contributed by atoms with Gasteiger partial charge in [-0.15, -0.1) is 0 Å². The summed E-state index contributed by atoms with van der Waals surface area (Å²) in [7, 11) is 0. The van der Waals surface area contributed by atoms with Gasteiger partial charge in [-0.1, -0.05) is 18.2 Å². The van der Waals surface area contributed by atoms with Crippen LogP contribution in [-0.2, 0) is 0 Å². The summed E-state index contributed by atoms with van der Waals surface area (Å²) in [6, 6.07) is 18.6. The molecule has 27 heavy (non-hydrogen) atoms. The number of rotatable bonds is 5. The maximum absolute atomic E-state index is 12.5. The smallest absolute Gasteiger partial charge is 0.280 e. The van der Waals surface area contributed by atoms with Crippen LogP contribution in [0.4, 0.5) is 5.69 Å². The molecule has 0 aliphatic rings. The highest BCUT2D eigenvalue weighted by molar-refractivity contribution is 6.02. The summed E-state index contributed by atoms with van der Waals surface area (Å²) >= 11 is 0. The van der Waals surface area contributed by atoms with E-state index in [0.29, 0.717) is 23.5 Å². The van der Waals surface area contributed by atoms with Crippen LogP contribution < -0.4 is 15.5 Å². The van der Waals surface area contributed by atoms with Crippen molar-refractivity contribution in [3.05, 3.63) is 82.1 Å². The molecule has 0 bridgehead atoms. The summed E-state index contributed by atoms with van der Waals surface area (Å²) in [6.07, 6.45) is 0. The first kappa shape index (κ1) is 17.9. The number of para-hydroxylation sites is 1. The molecular formula is C20H16N4O3. The molecule has 134 valence electrons. The summed E-state index contributed by atoms with van der Waals surface area (Å²) in [6.45, 7) is 2.15. The minimum absolute atomic E-state index is 0.253. The van der Waals surface area contributed by atoms with E-state index >= 15 is 0 Å². The maximum atomic E-state index is 12.5. The molecule has 3 rings (SSSR count). The van der Waals surface area contributed by atoms with Gasteiger partial charge >= 0.3 is 0 Å². The third kappa shape index (κ3) is 4.02. The van der Waals surface area contributed by atoms with Gasteiger partial charge in [0.1, 0.15) is 0 Å². The second kappa shape index (κ2) is 7.97. The van der Waals surface area contributed by atoms with Crippen LogP contribution in [0.25, 0.3) is 5.69 Å². The van der Waals surface area contributed by atoms with Crippen LogP contribution in [-0.4, -0.2) is 22.3 Å². The van der Waals surface area contributed by atoms with E-state index in [1.54, 1.807) is 43.3 Å². The normalized spacial score (nSPS) is 10.1. The minimum Gasteiger partial charge on any atom is -0.478 e. The molecule has 0 aliphatic heterocycles. The second-order valence-corrected chi connectivity index (χ2v) is 5.52. The fraction of sp³-hybridized carbons (Fsp3) is 0.100. The molecule has 0 unspecified atom stereocenters. The standard InChI is InChI=1S/C20H16N4O3/c1-2-27-18-12-17(25)19(23-24(18)16-6-4-3-5-7-16)20(26)22-15-10-8-14(13-21)9-11-15/h3-12H,2H2,1H3,(H,22,26). The van der Waals surface area contributed by atoms with Crippen LogP contribution in [0.15, 0.2) is 65.5 Å². The van der Waals surface area contributed by atoms with Gasteiger partial charge < -0.3 is 10.1 Å². The zero-order valence-corrected chi connectivity index (χ0v) is 14.5. The summed E-state index contributed by atoms with van der Waals surface area (Å²) in [5.41, 5.74) is 0.788. The maximum Gasteiger partial charge on any atom is 0.280 e. The van der Waals surface area contributed by atoms with Crippen molar-refractivity contribution in [1.82, 2.24) is 9.78 Å². The van der Waals surface area contributed by atoms with Gasteiger partial charge in [0.15, 0.2) is 5.69 Å². The van der Waals surface area contributed by atoms with E-state index in [9.17, 15) is 9.59 Å². The van der Waals surface area contributed by atoms with E-state index in [0.717, 1.165) is 0 Å². The number of carbonyl (C=O) groups is 1. The Kier molecular flexibility index (Phi) is 5.28.